The van der Waals surface area contributed by atoms with Gasteiger partial charge in [0.15, 0.2) is 0 Å². The fourth-order valence-corrected chi connectivity index (χ4v) is 2.53. The van der Waals surface area contributed by atoms with Crippen LogP contribution in [0.2, 0.25) is 5.02 Å². The SMILES string of the molecule is CC(CCl)CCCNC(=O)c1cc(Cl)cc(Br)c1. The fourth-order valence-electron chi connectivity index (χ4n) is 1.52. The highest BCUT2D eigenvalue weighted by Gasteiger charge is 2.07. The Labute approximate surface area is 126 Å². The van der Waals surface area contributed by atoms with E-state index < -0.39 is 0 Å². The van der Waals surface area contributed by atoms with Gasteiger partial charge in [-0.1, -0.05) is 34.5 Å². The van der Waals surface area contributed by atoms with Crippen molar-refractivity contribution in [1.82, 2.24) is 5.32 Å². The molecule has 0 bridgehead atoms. The lowest BCUT2D eigenvalue weighted by Crippen LogP contribution is -2.24. The zero-order valence-corrected chi connectivity index (χ0v) is 13.3. The number of rotatable bonds is 6. The van der Waals surface area contributed by atoms with E-state index in [1.807, 2.05) is 0 Å². The lowest BCUT2D eigenvalue weighted by atomic mass is 10.1. The second-order valence-electron chi connectivity index (χ2n) is 4.32. The molecule has 0 aliphatic rings. The Hall–Kier alpha value is -0.250. The van der Waals surface area contributed by atoms with Crippen molar-refractivity contribution in [1.29, 1.82) is 0 Å². The molecule has 18 heavy (non-hydrogen) atoms. The van der Waals surface area contributed by atoms with Crippen molar-refractivity contribution in [2.75, 3.05) is 12.4 Å². The van der Waals surface area contributed by atoms with Crippen LogP contribution in [0.1, 0.15) is 30.1 Å². The zero-order valence-electron chi connectivity index (χ0n) is 10.2. The third kappa shape index (κ3) is 5.59. The number of nitrogens with one attached hydrogen (secondary N) is 1. The van der Waals surface area contributed by atoms with Crippen LogP contribution in [0.15, 0.2) is 22.7 Å². The minimum Gasteiger partial charge on any atom is -0.352 e. The van der Waals surface area contributed by atoms with Crippen LogP contribution in [0.5, 0.6) is 0 Å². The van der Waals surface area contributed by atoms with Crippen LogP contribution >= 0.6 is 39.1 Å². The molecule has 0 heterocycles. The maximum atomic E-state index is 11.8. The molecule has 1 rings (SSSR count). The number of benzene rings is 1. The van der Waals surface area contributed by atoms with Crippen molar-refractivity contribution >= 4 is 45.0 Å². The molecule has 1 N–H and O–H groups in total. The van der Waals surface area contributed by atoms with E-state index in [1.54, 1.807) is 18.2 Å². The second-order valence-corrected chi connectivity index (χ2v) is 5.98. The summed E-state index contributed by atoms with van der Waals surface area (Å²) >= 11 is 14.9. The van der Waals surface area contributed by atoms with E-state index >= 15 is 0 Å². The smallest absolute Gasteiger partial charge is 0.251 e. The Morgan fingerprint density at radius 1 is 1.44 bits per heavy atom. The maximum absolute atomic E-state index is 11.8. The highest BCUT2D eigenvalue weighted by molar-refractivity contribution is 9.10. The van der Waals surface area contributed by atoms with Crippen LogP contribution in [-0.4, -0.2) is 18.3 Å². The topological polar surface area (TPSA) is 29.1 Å². The van der Waals surface area contributed by atoms with E-state index in [4.69, 9.17) is 23.2 Å². The van der Waals surface area contributed by atoms with E-state index in [0.29, 0.717) is 28.9 Å². The molecule has 1 aromatic rings. The molecule has 1 aromatic carbocycles. The van der Waals surface area contributed by atoms with E-state index in [0.717, 1.165) is 17.3 Å². The predicted molar refractivity (Wildman–Crippen MR) is 80.6 cm³/mol. The number of halogens is 3. The average molecular weight is 353 g/mol. The number of hydrogen-bond acceptors (Lipinski definition) is 1. The molecule has 0 radical (unpaired) electrons. The Kier molecular flexibility index (Phi) is 7.05. The van der Waals surface area contributed by atoms with Crippen LogP contribution in [-0.2, 0) is 0 Å². The molecule has 0 saturated heterocycles. The Balaban J connectivity index is 2.41. The van der Waals surface area contributed by atoms with Crippen LogP contribution in [0.3, 0.4) is 0 Å². The van der Waals surface area contributed by atoms with Gasteiger partial charge in [0.25, 0.3) is 5.91 Å². The first-order chi connectivity index (χ1) is 8.52. The normalized spacial score (nSPS) is 12.2. The molecule has 1 amide bonds. The Bertz CT molecular complexity index is 392. The summed E-state index contributed by atoms with van der Waals surface area (Å²) in [6.45, 7) is 2.76. The number of carbonyl (C=O) groups excluding carboxylic acids is 1. The molecule has 1 unspecified atom stereocenters. The van der Waals surface area contributed by atoms with Crippen LogP contribution < -0.4 is 5.32 Å². The largest absolute Gasteiger partial charge is 0.352 e. The standard InChI is InChI=1S/C13H16BrCl2NO/c1-9(8-15)3-2-4-17-13(18)10-5-11(14)7-12(16)6-10/h5-7,9H,2-4,8H2,1H3,(H,17,18). The Morgan fingerprint density at radius 2 is 2.17 bits per heavy atom. The van der Waals surface area contributed by atoms with Gasteiger partial charge in [0, 0.05) is 27.5 Å². The lowest BCUT2D eigenvalue weighted by molar-refractivity contribution is 0.0952. The summed E-state index contributed by atoms with van der Waals surface area (Å²) in [5.41, 5.74) is 0.569. The molecule has 0 saturated carbocycles. The van der Waals surface area contributed by atoms with Gasteiger partial charge in [0.05, 0.1) is 0 Å². The van der Waals surface area contributed by atoms with E-state index in [-0.39, 0.29) is 5.91 Å². The Morgan fingerprint density at radius 3 is 2.78 bits per heavy atom. The summed E-state index contributed by atoms with van der Waals surface area (Å²) in [6.07, 6.45) is 1.95. The van der Waals surface area contributed by atoms with Gasteiger partial charge >= 0.3 is 0 Å². The molecule has 1 atom stereocenters. The summed E-state index contributed by atoms with van der Waals surface area (Å²) in [5.74, 6) is 1.05. The van der Waals surface area contributed by atoms with Crippen molar-refractivity contribution in [3.63, 3.8) is 0 Å². The molecular formula is C13H16BrCl2NO. The van der Waals surface area contributed by atoms with Crippen molar-refractivity contribution in [3.8, 4) is 0 Å². The number of alkyl halides is 1. The van der Waals surface area contributed by atoms with E-state index in [2.05, 4.69) is 28.2 Å². The first-order valence-corrected chi connectivity index (χ1v) is 7.53. The van der Waals surface area contributed by atoms with Gasteiger partial charge in [0.2, 0.25) is 0 Å². The molecule has 0 fully saturated rings. The van der Waals surface area contributed by atoms with Gasteiger partial charge < -0.3 is 5.32 Å². The van der Waals surface area contributed by atoms with Crippen molar-refractivity contribution in [3.05, 3.63) is 33.3 Å². The first-order valence-electron chi connectivity index (χ1n) is 5.83. The summed E-state index contributed by atoms with van der Waals surface area (Å²) in [4.78, 5) is 11.8. The van der Waals surface area contributed by atoms with Gasteiger partial charge in [-0.15, -0.1) is 11.6 Å². The predicted octanol–water partition coefficient (Wildman–Crippen LogP) is 4.49. The van der Waals surface area contributed by atoms with Gasteiger partial charge in [-0.25, -0.2) is 0 Å². The third-order valence-electron chi connectivity index (χ3n) is 2.55. The summed E-state index contributed by atoms with van der Waals surface area (Å²) in [6, 6.07) is 5.16. The second kappa shape index (κ2) is 8.03. The van der Waals surface area contributed by atoms with Gasteiger partial charge in [-0.3, -0.25) is 4.79 Å². The van der Waals surface area contributed by atoms with Crippen LogP contribution in [0, 0.1) is 5.92 Å². The summed E-state index contributed by atoms with van der Waals surface area (Å²) < 4.78 is 0.802. The fraction of sp³-hybridized carbons (Fsp3) is 0.462. The molecule has 0 aromatic heterocycles. The highest BCUT2D eigenvalue weighted by Crippen LogP contribution is 2.19. The first kappa shape index (κ1) is 15.8. The van der Waals surface area contributed by atoms with Gasteiger partial charge in [-0.05, 0) is 37.0 Å². The summed E-state index contributed by atoms with van der Waals surface area (Å²) in [5, 5.41) is 3.42. The van der Waals surface area contributed by atoms with Crippen LogP contribution in [0.4, 0.5) is 0 Å². The minimum absolute atomic E-state index is 0.100. The third-order valence-corrected chi connectivity index (χ3v) is 3.75. The molecule has 0 aliphatic heterocycles. The van der Waals surface area contributed by atoms with Crippen LogP contribution in [0.25, 0.3) is 0 Å². The molecule has 5 heteroatoms. The van der Waals surface area contributed by atoms with Gasteiger partial charge in [0.1, 0.15) is 0 Å². The summed E-state index contributed by atoms with van der Waals surface area (Å²) in [7, 11) is 0. The van der Waals surface area contributed by atoms with Crippen molar-refractivity contribution in [2.45, 2.75) is 19.8 Å². The van der Waals surface area contributed by atoms with Crippen molar-refractivity contribution in [2.24, 2.45) is 5.92 Å². The average Bonchev–Trinajstić information content (AvgIpc) is 2.32. The molecule has 0 spiro atoms. The van der Waals surface area contributed by atoms with E-state index in [9.17, 15) is 4.79 Å². The molecule has 2 nitrogen and oxygen atoms in total. The zero-order chi connectivity index (χ0) is 13.5. The highest BCUT2D eigenvalue weighted by atomic mass is 79.9. The monoisotopic (exact) mass is 351 g/mol. The lowest BCUT2D eigenvalue weighted by Gasteiger charge is -2.08. The van der Waals surface area contributed by atoms with Gasteiger partial charge in [-0.2, -0.15) is 0 Å². The number of carbonyl (C=O) groups is 1. The molecular weight excluding hydrogens is 337 g/mol. The quantitative estimate of drug-likeness (QED) is 0.593. The van der Waals surface area contributed by atoms with E-state index in [1.165, 1.54) is 0 Å². The number of amides is 1. The molecule has 100 valence electrons. The van der Waals surface area contributed by atoms with Crippen molar-refractivity contribution < 1.29 is 4.79 Å². The maximum Gasteiger partial charge on any atom is 0.251 e. The molecule has 0 aliphatic carbocycles. The minimum atomic E-state index is -0.100. The number of hydrogen-bond donors (Lipinski definition) is 1.